The van der Waals surface area contributed by atoms with Crippen LogP contribution < -0.4 is 5.32 Å². The summed E-state index contributed by atoms with van der Waals surface area (Å²) in [6, 6.07) is 13.8. The molecule has 3 rings (SSSR count). The van der Waals surface area contributed by atoms with Gasteiger partial charge in [0.1, 0.15) is 6.33 Å². The summed E-state index contributed by atoms with van der Waals surface area (Å²) in [5.74, 6) is 0.211. The summed E-state index contributed by atoms with van der Waals surface area (Å²) in [5.41, 5.74) is 3.95. The lowest BCUT2D eigenvalue weighted by molar-refractivity contribution is -0.118. The van der Waals surface area contributed by atoms with Crippen LogP contribution in [0.25, 0.3) is 5.69 Å². The van der Waals surface area contributed by atoms with Gasteiger partial charge >= 0.3 is 0 Å². The minimum atomic E-state index is -0.0632. The van der Waals surface area contributed by atoms with Gasteiger partial charge in [-0.3, -0.25) is 14.3 Å². The fourth-order valence-electron chi connectivity index (χ4n) is 2.27. The topological polar surface area (TPSA) is 72.7 Å². The number of amides is 1. The zero-order valence-corrected chi connectivity index (χ0v) is 15.0. The van der Waals surface area contributed by atoms with Crippen molar-refractivity contribution >= 4 is 17.7 Å². The Bertz CT molecular complexity index is 860. The average molecular weight is 353 g/mol. The molecule has 1 amide bonds. The SMILES string of the molecule is Cc1ccc(-n2cnnc2SCC(=O)NCc2cccc(C)n2)cc1. The van der Waals surface area contributed by atoms with E-state index in [-0.39, 0.29) is 11.7 Å². The minimum absolute atomic E-state index is 0.0632. The molecule has 0 aliphatic rings. The number of rotatable bonds is 6. The van der Waals surface area contributed by atoms with Gasteiger partial charge in [0.15, 0.2) is 5.16 Å². The minimum Gasteiger partial charge on any atom is -0.350 e. The van der Waals surface area contributed by atoms with Crippen LogP contribution in [0.5, 0.6) is 0 Å². The van der Waals surface area contributed by atoms with Crippen LogP contribution in [0.15, 0.2) is 53.9 Å². The van der Waals surface area contributed by atoms with Gasteiger partial charge in [-0.25, -0.2) is 0 Å². The maximum Gasteiger partial charge on any atom is 0.230 e. The highest BCUT2D eigenvalue weighted by Gasteiger charge is 2.10. The highest BCUT2D eigenvalue weighted by Crippen LogP contribution is 2.19. The lowest BCUT2D eigenvalue weighted by Gasteiger charge is -2.07. The van der Waals surface area contributed by atoms with Gasteiger partial charge < -0.3 is 5.32 Å². The van der Waals surface area contributed by atoms with E-state index in [0.29, 0.717) is 11.7 Å². The molecule has 0 spiro atoms. The van der Waals surface area contributed by atoms with E-state index in [1.807, 2.05) is 60.9 Å². The molecule has 0 bridgehead atoms. The third-order valence-corrected chi connectivity index (χ3v) is 4.52. The van der Waals surface area contributed by atoms with E-state index in [2.05, 4.69) is 20.5 Å². The quantitative estimate of drug-likeness (QED) is 0.690. The summed E-state index contributed by atoms with van der Waals surface area (Å²) in [7, 11) is 0. The Morgan fingerprint density at radius 3 is 2.72 bits per heavy atom. The summed E-state index contributed by atoms with van der Waals surface area (Å²) in [6.45, 7) is 4.39. The molecule has 25 heavy (non-hydrogen) atoms. The van der Waals surface area contributed by atoms with Gasteiger partial charge in [-0.05, 0) is 38.1 Å². The van der Waals surface area contributed by atoms with E-state index in [1.165, 1.54) is 17.3 Å². The number of aryl methyl sites for hydroxylation is 2. The fourth-order valence-corrected chi connectivity index (χ4v) is 3.03. The third-order valence-electron chi connectivity index (χ3n) is 3.57. The van der Waals surface area contributed by atoms with Gasteiger partial charge in [0.2, 0.25) is 5.91 Å². The number of carbonyl (C=O) groups excluding carboxylic acids is 1. The number of hydrogen-bond acceptors (Lipinski definition) is 5. The molecule has 0 atom stereocenters. The zero-order valence-electron chi connectivity index (χ0n) is 14.1. The Morgan fingerprint density at radius 2 is 1.96 bits per heavy atom. The van der Waals surface area contributed by atoms with Gasteiger partial charge in [0, 0.05) is 11.4 Å². The summed E-state index contributed by atoms with van der Waals surface area (Å²) in [6.07, 6.45) is 1.65. The first-order valence-electron chi connectivity index (χ1n) is 7.91. The van der Waals surface area contributed by atoms with Crippen molar-refractivity contribution in [3.8, 4) is 5.69 Å². The lowest BCUT2D eigenvalue weighted by Crippen LogP contribution is -2.25. The number of carbonyl (C=O) groups is 1. The predicted molar refractivity (Wildman–Crippen MR) is 97.6 cm³/mol. The molecular formula is C18H19N5OS. The molecule has 0 unspecified atom stereocenters. The standard InChI is InChI=1S/C18H19N5OS/c1-13-6-8-16(9-7-13)23-12-20-22-18(23)25-11-17(24)19-10-15-5-3-4-14(2)21-15/h3-9,12H,10-11H2,1-2H3,(H,19,24). The molecule has 7 heteroatoms. The molecule has 0 aliphatic heterocycles. The average Bonchev–Trinajstić information content (AvgIpc) is 3.07. The molecule has 6 nitrogen and oxygen atoms in total. The van der Waals surface area contributed by atoms with Crippen molar-refractivity contribution in [2.75, 3.05) is 5.75 Å². The number of nitrogens with one attached hydrogen (secondary N) is 1. The van der Waals surface area contributed by atoms with E-state index < -0.39 is 0 Å². The van der Waals surface area contributed by atoms with Crippen LogP contribution in [0, 0.1) is 13.8 Å². The van der Waals surface area contributed by atoms with Crippen LogP contribution in [-0.4, -0.2) is 31.4 Å². The Balaban J connectivity index is 1.56. The molecule has 0 saturated heterocycles. The van der Waals surface area contributed by atoms with Crippen LogP contribution in [0.4, 0.5) is 0 Å². The maximum absolute atomic E-state index is 12.1. The summed E-state index contributed by atoms with van der Waals surface area (Å²) < 4.78 is 1.87. The monoisotopic (exact) mass is 353 g/mol. The first-order chi connectivity index (χ1) is 12.1. The third kappa shape index (κ3) is 4.67. The van der Waals surface area contributed by atoms with Gasteiger partial charge in [-0.1, -0.05) is 35.5 Å². The van der Waals surface area contributed by atoms with Crippen LogP contribution in [0.1, 0.15) is 17.0 Å². The van der Waals surface area contributed by atoms with Crippen molar-refractivity contribution in [3.05, 3.63) is 65.7 Å². The van der Waals surface area contributed by atoms with Crippen molar-refractivity contribution < 1.29 is 4.79 Å². The van der Waals surface area contributed by atoms with Crippen molar-refractivity contribution in [1.29, 1.82) is 0 Å². The van der Waals surface area contributed by atoms with Crippen molar-refractivity contribution in [3.63, 3.8) is 0 Å². The lowest BCUT2D eigenvalue weighted by atomic mass is 10.2. The summed E-state index contributed by atoms with van der Waals surface area (Å²) in [4.78, 5) is 16.4. The smallest absolute Gasteiger partial charge is 0.230 e. The number of hydrogen-bond donors (Lipinski definition) is 1. The molecule has 0 aliphatic carbocycles. The Morgan fingerprint density at radius 1 is 1.16 bits per heavy atom. The second kappa shape index (κ2) is 7.94. The van der Waals surface area contributed by atoms with Gasteiger partial charge in [-0.2, -0.15) is 0 Å². The van der Waals surface area contributed by atoms with Crippen LogP contribution >= 0.6 is 11.8 Å². The van der Waals surface area contributed by atoms with Crippen molar-refractivity contribution in [1.82, 2.24) is 25.1 Å². The first kappa shape index (κ1) is 17.2. The van der Waals surface area contributed by atoms with Crippen LogP contribution in [0.2, 0.25) is 0 Å². The molecule has 0 fully saturated rings. The molecule has 3 aromatic rings. The summed E-state index contributed by atoms with van der Waals surface area (Å²) >= 11 is 1.36. The Kier molecular flexibility index (Phi) is 5.45. The molecule has 1 N–H and O–H groups in total. The summed E-state index contributed by atoms with van der Waals surface area (Å²) in [5, 5.41) is 11.6. The normalized spacial score (nSPS) is 10.6. The Hall–Kier alpha value is -2.67. The Labute approximate surface area is 150 Å². The zero-order chi connectivity index (χ0) is 17.6. The van der Waals surface area contributed by atoms with E-state index >= 15 is 0 Å². The highest BCUT2D eigenvalue weighted by atomic mass is 32.2. The van der Waals surface area contributed by atoms with E-state index in [1.54, 1.807) is 6.33 Å². The molecule has 0 radical (unpaired) electrons. The molecule has 1 aromatic carbocycles. The van der Waals surface area contributed by atoms with E-state index in [4.69, 9.17) is 0 Å². The number of thioether (sulfide) groups is 1. The molecule has 128 valence electrons. The van der Waals surface area contributed by atoms with Gasteiger partial charge in [0.25, 0.3) is 0 Å². The van der Waals surface area contributed by atoms with Crippen molar-refractivity contribution in [2.24, 2.45) is 0 Å². The number of pyridine rings is 1. The van der Waals surface area contributed by atoms with Crippen LogP contribution in [0.3, 0.4) is 0 Å². The predicted octanol–water partition coefficient (Wildman–Crippen LogP) is 2.69. The second-order valence-corrected chi connectivity index (χ2v) is 6.60. The maximum atomic E-state index is 12.1. The van der Waals surface area contributed by atoms with Crippen LogP contribution in [-0.2, 0) is 11.3 Å². The first-order valence-corrected chi connectivity index (χ1v) is 8.89. The van der Waals surface area contributed by atoms with Crippen molar-refractivity contribution in [2.45, 2.75) is 25.5 Å². The van der Waals surface area contributed by atoms with Gasteiger partial charge in [0.05, 0.1) is 18.0 Å². The highest BCUT2D eigenvalue weighted by molar-refractivity contribution is 7.99. The molecule has 2 heterocycles. The van der Waals surface area contributed by atoms with Gasteiger partial charge in [-0.15, -0.1) is 10.2 Å². The van der Waals surface area contributed by atoms with E-state index in [9.17, 15) is 4.79 Å². The fraction of sp³-hybridized carbons (Fsp3) is 0.222. The molecular weight excluding hydrogens is 334 g/mol. The molecule has 0 saturated carbocycles. The van der Waals surface area contributed by atoms with E-state index in [0.717, 1.165) is 17.1 Å². The number of aromatic nitrogens is 4. The second-order valence-electron chi connectivity index (χ2n) is 5.65. The number of benzene rings is 1. The largest absolute Gasteiger partial charge is 0.350 e. The molecule has 2 aromatic heterocycles. The number of nitrogens with zero attached hydrogens (tertiary/aromatic N) is 4.